The van der Waals surface area contributed by atoms with Gasteiger partial charge >= 0.3 is 0 Å². The van der Waals surface area contributed by atoms with Crippen LogP contribution in [0.5, 0.6) is 17.2 Å². The zero-order chi connectivity index (χ0) is 24.1. The van der Waals surface area contributed by atoms with Crippen molar-refractivity contribution in [2.24, 2.45) is 0 Å². The molecule has 0 bridgehead atoms. The number of halogens is 2. The normalized spacial score (nSPS) is 15.1. The quantitative estimate of drug-likeness (QED) is 0.510. The minimum absolute atomic E-state index is 0.0872. The van der Waals surface area contributed by atoms with E-state index in [4.69, 9.17) is 14.2 Å². The summed E-state index contributed by atoms with van der Waals surface area (Å²) in [5.41, 5.74) is 1.16. The van der Waals surface area contributed by atoms with E-state index < -0.39 is 23.3 Å². The molecule has 0 fully saturated rings. The van der Waals surface area contributed by atoms with Crippen molar-refractivity contribution in [2.75, 3.05) is 19.5 Å². The highest BCUT2D eigenvalue weighted by molar-refractivity contribution is 6.06. The topological polar surface area (TPSA) is 82.6 Å². The number of allylic oxidation sites excluding steroid dienone is 2. The van der Waals surface area contributed by atoms with E-state index in [2.05, 4.69) is 15.3 Å². The van der Waals surface area contributed by atoms with Crippen LogP contribution in [-0.4, -0.2) is 30.1 Å². The molecule has 9 heteroatoms. The van der Waals surface area contributed by atoms with Gasteiger partial charge in [0, 0.05) is 54.5 Å². The summed E-state index contributed by atoms with van der Waals surface area (Å²) in [6, 6.07) is 4.98. The van der Waals surface area contributed by atoms with E-state index in [1.807, 2.05) is 6.08 Å². The van der Waals surface area contributed by atoms with E-state index in [9.17, 15) is 13.6 Å². The molecule has 34 heavy (non-hydrogen) atoms. The van der Waals surface area contributed by atoms with Crippen LogP contribution < -0.4 is 14.8 Å². The van der Waals surface area contributed by atoms with E-state index >= 15 is 0 Å². The number of hydrogen-bond donors (Lipinski definition) is 1. The molecular weight excluding hydrogens is 444 g/mol. The molecule has 0 aliphatic heterocycles. The lowest BCUT2D eigenvalue weighted by molar-refractivity contribution is 0.102. The van der Waals surface area contributed by atoms with Gasteiger partial charge in [0.1, 0.15) is 11.5 Å². The Hall–Kier alpha value is -4.27. The number of fused-ring (bicyclic) bond motifs is 1. The Morgan fingerprint density at radius 3 is 2.56 bits per heavy atom. The maximum absolute atomic E-state index is 14.9. The second-order valence-electron chi connectivity index (χ2n) is 7.26. The fourth-order valence-electron chi connectivity index (χ4n) is 3.42. The average molecular weight is 465 g/mol. The summed E-state index contributed by atoms with van der Waals surface area (Å²) < 4.78 is 45.8. The van der Waals surface area contributed by atoms with Crippen molar-refractivity contribution in [3.05, 3.63) is 83.1 Å². The van der Waals surface area contributed by atoms with Crippen molar-refractivity contribution in [1.82, 2.24) is 9.97 Å². The van der Waals surface area contributed by atoms with Crippen molar-refractivity contribution in [3.8, 4) is 17.2 Å². The lowest BCUT2D eigenvalue weighted by Crippen LogP contribution is -2.14. The van der Waals surface area contributed by atoms with E-state index in [1.165, 1.54) is 37.8 Å². The molecule has 2 heterocycles. The van der Waals surface area contributed by atoms with Crippen molar-refractivity contribution in [1.29, 1.82) is 0 Å². The number of carbonyl (C=O) groups is 1. The molecule has 2 aromatic heterocycles. The molecule has 7 nitrogen and oxygen atoms in total. The third kappa shape index (κ3) is 4.88. The van der Waals surface area contributed by atoms with E-state index in [-0.39, 0.29) is 22.7 Å². The van der Waals surface area contributed by atoms with Gasteiger partial charge in [0.15, 0.2) is 17.4 Å². The Morgan fingerprint density at radius 2 is 1.82 bits per heavy atom. The number of ether oxygens (including phenoxy) is 3. The first-order valence-electron chi connectivity index (χ1n) is 10.4. The summed E-state index contributed by atoms with van der Waals surface area (Å²) >= 11 is 0. The zero-order valence-corrected chi connectivity index (χ0v) is 18.5. The zero-order valence-electron chi connectivity index (χ0n) is 18.5. The Kier molecular flexibility index (Phi) is 6.82. The molecule has 0 atom stereocenters. The van der Waals surface area contributed by atoms with Gasteiger partial charge < -0.3 is 19.5 Å². The number of anilines is 1. The van der Waals surface area contributed by atoms with Gasteiger partial charge in [-0.2, -0.15) is 0 Å². The Labute approximate surface area is 194 Å². The highest BCUT2D eigenvalue weighted by Crippen LogP contribution is 2.35. The molecule has 174 valence electrons. The Balaban J connectivity index is 1.62. The summed E-state index contributed by atoms with van der Waals surface area (Å²) in [5.74, 6) is -1.96. The van der Waals surface area contributed by atoms with Crippen LogP contribution in [0, 0.1) is 11.6 Å². The number of rotatable bonds is 6. The number of benzene rings is 1. The third-order valence-corrected chi connectivity index (χ3v) is 5.10. The molecule has 0 unspecified atom stereocenters. The van der Waals surface area contributed by atoms with Gasteiger partial charge in [-0.15, -0.1) is 0 Å². The van der Waals surface area contributed by atoms with Gasteiger partial charge in [0.05, 0.1) is 31.2 Å². The van der Waals surface area contributed by atoms with Crippen molar-refractivity contribution in [3.63, 3.8) is 0 Å². The molecule has 1 aliphatic rings. The van der Waals surface area contributed by atoms with Gasteiger partial charge in [0.2, 0.25) is 0 Å². The predicted octanol–water partition coefficient (Wildman–Crippen LogP) is 5.60. The molecule has 3 aromatic rings. The van der Waals surface area contributed by atoms with Crippen LogP contribution in [0.1, 0.15) is 34.5 Å². The second-order valence-corrected chi connectivity index (χ2v) is 7.26. The molecule has 1 aliphatic carbocycles. The predicted molar refractivity (Wildman–Crippen MR) is 123 cm³/mol. The number of carbonyl (C=O) groups excluding carboxylic acids is 1. The highest BCUT2D eigenvalue weighted by atomic mass is 19.1. The summed E-state index contributed by atoms with van der Waals surface area (Å²) in [5, 5.41) is 2.44. The van der Waals surface area contributed by atoms with Crippen LogP contribution in [0.2, 0.25) is 0 Å². The first kappa shape index (κ1) is 22.9. The van der Waals surface area contributed by atoms with Crippen LogP contribution >= 0.6 is 0 Å². The number of methoxy groups -OCH3 is 2. The molecule has 1 amide bonds. The van der Waals surface area contributed by atoms with Crippen molar-refractivity contribution < 1.29 is 27.8 Å². The molecule has 0 radical (unpaired) electrons. The maximum atomic E-state index is 14.9. The smallest absolute Gasteiger partial charge is 0.261 e. The van der Waals surface area contributed by atoms with Gasteiger partial charge in [0.25, 0.3) is 5.91 Å². The Bertz CT molecular complexity index is 1270. The molecular formula is C25H21F2N3O4. The lowest BCUT2D eigenvalue weighted by Gasteiger charge is -2.15. The summed E-state index contributed by atoms with van der Waals surface area (Å²) in [4.78, 5) is 20.7. The number of amides is 1. The highest BCUT2D eigenvalue weighted by Gasteiger charge is 2.19. The minimum Gasteiger partial charge on any atom is -0.501 e. The average Bonchev–Trinajstić information content (AvgIpc) is 2.82. The maximum Gasteiger partial charge on any atom is 0.261 e. The largest absolute Gasteiger partial charge is 0.501 e. The number of nitrogens with one attached hydrogen (secondary N) is 1. The van der Waals surface area contributed by atoms with Crippen LogP contribution in [-0.2, 0) is 4.74 Å². The molecule has 0 saturated carbocycles. The first-order chi connectivity index (χ1) is 16.5. The summed E-state index contributed by atoms with van der Waals surface area (Å²) in [6.45, 7) is 0. The molecule has 0 spiro atoms. The van der Waals surface area contributed by atoms with Crippen molar-refractivity contribution in [2.45, 2.75) is 12.8 Å². The van der Waals surface area contributed by atoms with Gasteiger partial charge in [-0.1, -0.05) is 12.2 Å². The van der Waals surface area contributed by atoms with Crippen molar-refractivity contribution >= 4 is 23.7 Å². The number of pyridine rings is 2. The third-order valence-electron chi connectivity index (χ3n) is 5.10. The van der Waals surface area contributed by atoms with Crippen LogP contribution in [0.15, 0.2) is 54.7 Å². The molecule has 0 saturated heterocycles. The van der Waals surface area contributed by atoms with E-state index in [0.717, 1.165) is 24.3 Å². The fourth-order valence-corrected chi connectivity index (χ4v) is 3.42. The Morgan fingerprint density at radius 1 is 1.06 bits per heavy atom. The SMILES string of the molecule is CO/C1=C/c2nccc(Oc3c(F)cc(NC(=O)c4cnccc4OC)cc3F)c2/C=C\CC1. The number of nitrogens with zero attached hydrogens (tertiary/aromatic N) is 2. The van der Waals surface area contributed by atoms with Crippen LogP contribution in [0.4, 0.5) is 14.5 Å². The molecule has 1 aromatic carbocycles. The minimum atomic E-state index is -0.984. The lowest BCUT2D eigenvalue weighted by atomic mass is 10.1. The van der Waals surface area contributed by atoms with Gasteiger partial charge in [-0.3, -0.25) is 14.8 Å². The summed E-state index contributed by atoms with van der Waals surface area (Å²) in [7, 11) is 2.98. The number of aromatic nitrogens is 2. The monoisotopic (exact) mass is 465 g/mol. The van der Waals surface area contributed by atoms with Crippen LogP contribution in [0.25, 0.3) is 12.2 Å². The standard InChI is InChI=1S/C25H21F2N3O4/c1-32-16-5-3-4-6-17-21(13-16)29-10-8-23(17)34-24-19(26)11-15(12-20(24)27)30-25(31)18-14-28-9-7-22(18)33-2/h4,6-14H,3,5H2,1-2H3,(H,30,31)/b6-4-,16-13+. The first-order valence-corrected chi connectivity index (χ1v) is 10.4. The van der Waals surface area contributed by atoms with E-state index in [1.54, 1.807) is 19.3 Å². The fraction of sp³-hybridized carbons (Fsp3) is 0.160. The van der Waals surface area contributed by atoms with E-state index in [0.29, 0.717) is 17.7 Å². The molecule has 4 rings (SSSR count). The van der Waals surface area contributed by atoms with Gasteiger partial charge in [-0.05, 0) is 18.6 Å². The molecule has 1 N–H and O–H groups in total. The second kappa shape index (κ2) is 10.1. The van der Waals surface area contributed by atoms with Gasteiger partial charge in [-0.25, -0.2) is 8.78 Å². The summed E-state index contributed by atoms with van der Waals surface area (Å²) in [6.07, 6.45) is 11.2. The number of hydrogen-bond acceptors (Lipinski definition) is 6. The van der Waals surface area contributed by atoms with Crippen LogP contribution in [0.3, 0.4) is 0 Å².